The number of carbonyl (C=O) groups is 2. The molecule has 0 aliphatic heterocycles. The number of H-pyrrole nitrogens is 1. The summed E-state index contributed by atoms with van der Waals surface area (Å²) in [6, 6.07) is 20.4. The van der Waals surface area contributed by atoms with E-state index in [2.05, 4.69) is 11.9 Å². The average Bonchev–Trinajstić information content (AvgIpc) is 3.41. The van der Waals surface area contributed by atoms with Crippen molar-refractivity contribution in [2.75, 3.05) is 19.6 Å². The van der Waals surface area contributed by atoms with Gasteiger partial charge in [-0.05, 0) is 72.2 Å². The molecule has 5 nitrogen and oxygen atoms in total. The Morgan fingerprint density at radius 2 is 1.52 bits per heavy atom. The van der Waals surface area contributed by atoms with Crippen molar-refractivity contribution in [3.63, 3.8) is 0 Å². The van der Waals surface area contributed by atoms with Gasteiger partial charge in [-0.1, -0.05) is 76.1 Å². The summed E-state index contributed by atoms with van der Waals surface area (Å²) in [6.07, 6.45) is 2.41. The first kappa shape index (κ1) is 32.8. The maximum Gasteiger partial charge on any atom is 0.416 e. The van der Waals surface area contributed by atoms with Crippen LogP contribution in [0.4, 0.5) is 13.2 Å². The van der Waals surface area contributed by atoms with Crippen LogP contribution >= 0.6 is 0 Å². The van der Waals surface area contributed by atoms with E-state index >= 15 is 0 Å². The monoisotopic (exact) mass is 605 g/mol. The van der Waals surface area contributed by atoms with E-state index in [1.165, 1.54) is 17.7 Å². The highest BCUT2D eigenvalue weighted by molar-refractivity contribution is 5.96. The summed E-state index contributed by atoms with van der Waals surface area (Å²) in [5, 5.41) is 1.06. The van der Waals surface area contributed by atoms with Gasteiger partial charge in [0.25, 0.3) is 5.91 Å². The topological polar surface area (TPSA) is 56.4 Å². The highest BCUT2D eigenvalue weighted by atomic mass is 19.4. The maximum absolute atomic E-state index is 13.9. The van der Waals surface area contributed by atoms with E-state index in [0.717, 1.165) is 54.3 Å². The number of aromatic nitrogens is 1. The lowest BCUT2D eigenvalue weighted by Gasteiger charge is -2.29. The second kappa shape index (κ2) is 15.1. The Labute approximate surface area is 258 Å². The van der Waals surface area contributed by atoms with Crippen LogP contribution in [0, 0.1) is 5.92 Å². The van der Waals surface area contributed by atoms with Gasteiger partial charge in [0.2, 0.25) is 5.91 Å². The molecular formula is C36H42F3N3O2. The van der Waals surface area contributed by atoms with Crippen LogP contribution in [-0.2, 0) is 30.4 Å². The Bertz CT molecular complexity index is 1510. The maximum atomic E-state index is 13.9. The van der Waals surface area contributed by atoms with Gasteiger partial charge in [-0.15, -0.1) is 0 Å². The molecule has 4 aromatic rings. The summed E-state index contributed by atoms with van der Waals surface area (Å²) in [4.78, 5) is 34.0. The van der Waals surface area contributed by atoms with Crippen LogP contribution in [0.1, 0.15) is 72.6 Å². The minimum atomic E-state index is -4.44. The molecule has 0 saturated heterocycles. The Morgan fingerprint density at radius 3 is 2.18 bits per heavy atom. The average molecular weight is 606 g/mol. The number of nitrogens with zero attached hydrogens (tertiary/aromatic N) is 2. The second-order valence-electron chi connectivity index (χ2n) is 11.9. The fraction of sp³-hybridized carbons (Fsp3) is 0.389. The molecule has 0 aliphatic rings. The molecule has 0 unspecified atom stereocenters. The zero-order valence-electron chi connectivity index (χ0n) is 25.8. The fourth-order valence-electron chi connectivity index (χ4n) is 5.40. The first-order chi connectivity index (χ1) is 21.0. The van der Waals surface area contributed by atoms with Gasteiger partial charge in [0.1, 0.15) is 6.54 Å². The van der Waals surface area contributed by atoms with E-state index < -0.39 is 11.7 Å². The van der Waals surface area contributed by atoms with Crippen LogP contribution in [0.15, 0.2) is 79.0 Å². The number of hydrogen-bond acceptors (Lipinski definition) is 2. The number of rotatable bonds is 14. The highest BCUT2D eigenvalue weighted by Crippen LogP contribution is 2.29. The number of aromatic amines is 1. The summed E-state index contributed by atoms with van der Waals surface area (Å²) in [6.45, 7) is 6.92. The standard InChI is InChI=1S/C36H42F3N3O2/c1-4-5-6-9-27-12-16-29(17-13-27)35(44)42(23-26(2)3)25-34(43)41(24-28-14-18-31(19-15-28)36(37,38)39)21-20-30-22-40-33-11-8-7-10-32(30)33/h7-8,10-19,22,26,40H,4-6,9,20-21,23-25H2,1-3H3. The van der Waals surface area contributed by atoms with Crippen molar-refractivity contribution in [3.05, 3.63) is 107 Å². The molecule has 0 atom stereocenters. The number of para-hydroxylation sites is 1. The summed E-state index contributed by atoms with van der Waals surface area (Å²) in [5.41, 5.74) is 3.61. The van der Waals surface area contributed by atoms with E-state index in [1.807, 2.05) is 68.6 Å². The van der Waals surface area contributed by atoms with E-state index in [4.69, 9.17) is 0 Å². The predicted octanol–water partition coefficient (Wildman–Crippen LogP) is 8.29. The smallest absolute Gasteiger partial charge is 0.361 e. The lowest BCUT2D eigenvalue weighted by molar-refractivity contribution is -0.137. The molecule has 0 bridgehead atoms. The van der Waals surface area contributed by atoms with Crippen molar-refractivity contribution in [1.82, 2.24) is 14.8 Å². The lowest BCUT2D eigenvalue weighted by Crippen LogP contribution is -2.44. The number of hydrogen-bond donors (Lipinski definition) is 1. The Balaban J connectivity index is 1.53. The van der Waals surface area contributed by atoms with Crippen LogP contribution in [0.5, 0.6) is 0 Å². The minimum Gasteiger partial charge on any atom is -0.361 e. The number of amides is 2. The van der Waals surface area contributed by atoms with Gasteiger partial charge in [-0.25, -0.2) is 0 Å². The van der Waals surface area contributed by atoms with Gasteiger partial charge in [0.15, 0.2) is 0 Å². The molecule has 234 valence electrons. The molecule has 1 N–H and O–H groups in total. The first-order valence-corrected chi connectivity index (χ1v) is 15.4. The molecule has 2 amide bonds. The number of unbranched alkanes of at least 4 members (excludes halogenated alkanes) is 2. The molecule has 0 fully saturated rings. The van der Waals surface area contributed by atoms with Crippen LogP contribution in [0.25, 0.3) is 10.9 Å². The molecule has 8 heteroatoms. The molecule has 0 spiro atoms. The number of aryl methyl sites for hydroxylation is 1. The largest absolute Gasteiger partial charge is 0.416 e. The van der Waals surface area contributed by atoms with Crippen LogP contribution in [-0.4, -0.2) is 46.2 Å². The molecular weight excluding hydrogens is 563 g/mol. The normalized spacial score (nSPS) is 11.7. The number of fused-ring (bicyclic) bond motifs is 1. The Kier molecular flexibility index (Phi) is 11.3. The van der Waals surface area contributed by atoms with E-state index in [0.29, 0.717) is 30.6 Å². The summed E-state index contributed by atoms with van der Waals surface area (Å²) < 4.78 is 39.5. The van der Waals surface area contributed by atoms with Crippen molar-refractivity contribution >= 4 is 22.7 Å². The van der Waals surface area contributed by atoms with Crippen molar-refractivity contribution in [1.29, 1.82) is 0 Å². The van der Waals surface area contributed by atoms with Crippen molar-refractivity contribution in [3.8, 4) is 0 Å². The number of carbonyl (C=O) groups excluding carboxylic acids is 2. The zero-order chi connectivity index (χ0) is 31.7. The molecule has 0 saturated carbocycles. The van der Waals surface area contributed by atoms with Gasteiger partial charge < -0.3 is 14.8 Å². The summed E-state index contributed by atoms with van der Waals surface area (Å²) >= 11 is 0. The molecule has 4 rings (SSSR count). The second-order valence-corrected chi connectivity index (χ2v) is 11.9. The number of alkyl halides is 3. The van der Waals surface area contributed by atoms with Crippen LogP contribution in [0.2, 0.25) is 0 Å². The molecule has 1 aromatic heterocycles. The van der Waals surface area contributed by atoms with Crippen LogP contribution < -0.4 is 0 Å². The number of nitrogens with one attached hydrogen (secondary N) is 1. The van der Waals surface area contributed by atoms with E-state index in [-0.39, 0.29) is 30.8 Å². The molecule has 0 aliphatic carbocycles. The lowest BCUT2D eigenvalue weighted by atomic mass is 10.0. The molecule has 0 radical (unpaired) electrons. The van der Waals surface area contributed by atoms with E-state index in [1.54, 1.807) is 9.80 Å². The Morgan fingerprint density at radius 1 is 0.841 bits per heavy atom. The van der Waals surface area contributed by atoms with Crippen molar-refractivity contribution in [2.45, 2.75) is 65.6 Å². The van der Waals surface area contributed by atoms with Gasteiger partial charge in [-0.2, -0.15) is 13.2 Å². The number of halogens is 3. The highest BCUT2D eigenvalue weighted by Gasteiger charge is 2.30. The summed E-state index contributed by atoms with van der Waals surface area (Å²) in [7, 11) is 0. The quantitative estimate of drug-likeness (QED) is 0.147. The van der Waals surface area contributed by atoms with Gasteiger partial charge in [0.05, 0.1) is 5.56 Å². The van der Waals surface area contributed by atoms with Crippen LogP contribution in [0.3, 0.4) is 0 Å². The minimum absolute atomic E-state index is 0.121. The van der Waals surface area contributed by atoms with Crippen molar-refractivity contribution in [2.24, 2.45) is 5.92 Å². The third kappa shape index (κ3) is 8.97. The first-order valence-electron chi connectivity index (χ1n) is 15.4. The predicted molar refractivity (Wildman–Crippen MR) is 169 cm³/mol. The van der Waals surface area contributed by atoms with Gasteiger partial charge >= 0.3 is 6.18 Å². The van der Waals surface area contributed by atoms with Gasteiger partial charge in [0, 0.05) is 42.3 Å². The van der Waals surface area contributed by atoms with E-state index in [9.17, 15) is 22.8 Å². The molecule has 3 aromatic carbocycles. The third-order valence-electron chi connectivity index (χ3n) is 7.80. The Hall–Kier alpha value is -4.07. The zero-order valence-corrected chi connectivity index (χ0v) is 25.8. The van der Waals surface area contributed by atoms with Gasteiger partial charge in [-0.3, -0.25) is 9.59 Å². The molecule has 44 heavy (non-hydrogen) atoms. The van der Waals surface area contributed by atoms with Crippen molar-refractivity contribution < 1.29 is 22.8 Å². The fourth-order valence-corrected chi connectivity index (χ4v) is 5.40. The molecule has 1 heterocycles. The number of benzene rings is 3. The third-order valence-corrected chi connectivity index (χ3v) is 7.80. The summed E-state index contributed by atoms with van der Waals surface area (Å²) in [5.74, 6) is -0.331. The SMILES string of the molecule is CCCCCc1ccc(C(=O)N(CC(=O)N(CCc2c[nH]c3ccccc23)Cc2ccc(C(F)(F)F)cc2)CC(C)C)cc1.